The Bertz CT molecular complexity index is 1330. The Labute approximate surface area is 193 Å². The average Bonchev–Trinajstić information content (AvgIpc) is 3.24. The Kier molecular flexibility index (Phi) is 5.44. The van der Waals surface area contributed by atoms with Crippen molar-refractivity contribution in [3.8, 4) is 11.4 Å². The van der Waals surface area contributed by atoms with Crippen LogP contribution in [0.2, 0.25) is 0 Å². The summed E-state index contributed by atoms with van der Waals surface area (Å²) in [6, 6.07) is 12.7. The molecule has 8 nitrogen and oxygen atoms in total. The van der Waals surface area contributed by atoms with Crippen LogP contribution in [0.3, 0.4) is 0 Å². The molecule has 1 N–H and O–H groups in total. The number of carbonyl (C=O) groups is 1. The minimum atomic E-state index is -3.36. The number of fused-ring (bicyclic) bond motifs is 2. The summed E-state index contributed by atoms with van der Waals surface area (Å²) in [6.45, 7) is 2.78. The minimum absolute atomic E-state index is 0.164. The number of amides is 1. The monoisotopic (exact) mass is 465 g/mol. The van der Waals surface area contributed by atoms with Gasteiger partial charge in [0.05, 0.1) is 11.9 Å². The summed E-state index contributed by atoms with van der Waals surface area (Å²) in [5, 5.41) is 11.7. The second-order valence-corrected chi connectivity index (χ2v) is 10.8. The molecule has 1 atom stereocenters. The first-order valence-electron chi connectivity index (χ1n) is 11.3. The predicted molar refractivity (Wildman–Crippen MR) is 128 cm³/mol. The number of hydrogen-bond donors (Lipinski definition) is 1. The Balaban J connectivity index is 1.38. The predicted octanol–water partition coefficient (Wildman–Crippen LogP) is 3.63. The van der Waals surface area contributed by atoms with E-state index in [-0.39, 0.29) is 11.9 Å². The molecule has 1 aromatic heterocycles. The van der Waals surface area contributed by atoms with Crippen LogP contribution in [0.5, 0.6) is 0 Å². The third-order valence-electron chi connectivity index (χ3n) is 6.34. The van der Waals surface area contributed by atoms with E-state index in [9.17, 15) is 13.2 Å². The largest absolute Gasteiger partial charge is 0.322 e. The summed E-state index contributed by atoms with van der Waals surface area (Å²) < 4.78 is 27.9. The summed E-state index contributed by atoms with van der Waals surface area (Å²) in [4.78, 5) is 13.0. The van der Waals surface area contributed by atoms with Crippen molar-refractivity contribution in [2.24, 2.45) is 0 Å². The lowest BCUT2D eigenvalue weighted by molar-refractivity contribution is 0.102. The van der Waals surface area contributed by atoms with Gasteiger partial charge in [-0.1, -0.05) is 18.6 Å². The van der Waals surface area contributed by atoms with Crippen molar-refractivity contribution in [3.63, 3.8) is 0 Å². The van der Waals surface area contributed by atoms with Crippen molar-refractivity contribution >= 4 is 27.3 Å². The molecule has 2 aliphatic rings. The Hall–Kier alpha value is -3.20. The van der Waals surface area contributed by atoms with Gasteiger partial charge >= 0.3 is 0 Å². The average molecular weight is 466 g/mol. The molecule has 0 aliphatic carbocycles. The van der Waals surface area contributed by atoms with E-state index in [1.54, 1.807) is 18.2 Å². The molecule has 9 heteroatoms. The second kappa shape index (κ2) is 8.30. The van der Waals surface area contributed by atoms with E-state index in [4.69, 9.17) is 0 Å². The van der Waals surface area contributed by atoms with Crippen LogP contribution in [0, 0.1) is 0 Å². The maximum absolute atomic E-state index is 13.0. The fourth-order valence-corrected chi connectivity index (χ4v) is 6.15. The van der Waals surface area contributed by atoms with E-state index in [1.807, 2.05) is 31.2 Å². The van der Waals surface area contributed by atoms with Crippen LogP contribution in [0.25, 0.3) is 11.4 Å². The smallest absolute Gasteiger partial charge is 0.255 e. The van der Waals surface area contributed by atoms with Crippen LogP contribution < -0.4 is 9.62 Å². The lowest BCUT2D eigenvalue weighted by atomic mass is 10.1. The highest BCUT2D eigenvalue weighted by Crippen LogP contribution is 2.35. The molecule has 0 saturated heterocycles. The van der Waals surface area contributed by atoms with Crippen molar-refractivity contribution < 1.29 is 13.2 Å². The fourth-order valence-electron chi connectivity index (χ4n) is 4.89. The third-order valence-corrected chi connectivity index (χ3v) is 7.61. The van der Waals surface area contributed by atoms with Crippen molar-refractivity contribution in [3.05, 3.63) is 59.4 Å². The summed E-state index contributed by atoms with van der Waals surface area (Å²) in [6.07, 6.45) is 6.17. The molecule has 0 spiro atoms. The molecule has 0 fully saturated rings. The van der Waals surface area contributed by atoms with Gasteiger partial charge in [0.2, 0.25) is 10.0 Å². The minimum Gasteiger partial charge on any atom is -0.322 e. The van der Waals surface area contributed by atoms with Crippen molar-refractivity contribution in [1.82, 2.24) is 14.8 Å². The van der Waals surface area contributed by atoms with E-state index in [1.165, 1.54) is 17.0 Å². The number of rotatable bonds is 4. The van der Waals surface area contributed by atoms with Crippen LogP contribution in [0.1, 0.15) is 47.9 Å². The van der Waals surface area contributed by atoms with Gasteiger partial charge < -0.3 is 9.88 Å². The van der Waals surface area contributed by atoms with E-state index < -0.39 is 10.0 Å². The van der Waals surface area contributed by atoms with Gasteiger partial charge in [0.25, 0.3) is 5.91 Å². The number of aryl methyl sites for hydroxylation is 1. The van der Waals surface area contributed by atoms with Crippen LogP contribution in [-0.4, -0.2) is 41.4 Å². The molecule has 33 heavy (non-hydrogen) atoms. The number of benzene rings is 2. The van der Waals surface area contributed by atoms with E-state index in [0.29, 0.717) is 23.4 Å². The maximum atomic E-state index is 13.0. The SMILES string of the molecule is C[C@H]1Cc2cc(C(=O)Nc3cccc(-c4nnc5n4CCCCC5)c3)ccc2N1S(C)(=O)=O. The van der Waals surface area contributed by atoms with Crippen LogP contribution in [-0.2, 0) is 29.4 Å². The van der Waals surface area contributed by atoms with Crippen LogP contribution in [0.15, 0.2) is 42.5 Å². The zero-order valence-corrected chi connectivity index (χ0v) is 19.6. The lowest BCUT2D eigenvalue weighted by Gasteiger charge is -2.21. The summed E-state index contributed by atoms with van der Waals surface area (Å²) in [7, 11) is -3.36. The fraction of sp³-hybridized carbons (Fsp3) is 0.375. The quantitative estimate of drug-likeness (QED) is 0.635. The Morgan fingerprint density at radius 3 is 2.76 bits per heavy atom. The van der Waals surface area contributed by atoms with Gasteiger partial charge in [-0.15, -0.1) is 10.2 Å². The topological polar surface area (TPSA) is 97.2 Å². The van der Waals surface area contributed by atoms with Crippen molar-refractivity contribution in [2.75, 3.05) is 15.9 Å². The number of nitrogens with one attached hydrogen (secondary N) is 1. The van der Waals surface area contributed by atoms with Crippen molar-refractivity contribution in [2.45, 2.75) is 51.6 Å². The number of nitrogens with zero attached hydrogens (tertiary/aromatic N) is 4. The third kappa shape index (κ3) is 4.13. The lowest BCUT2D eigenvalue weighted by Crippen LogP contribution is -2.34. The normalized spacial score (nSPS) is 17.9. The van der Waals surface area contributed by atoms with E-state index in [2.05, 4.69) is 20.1 Å². The molecule has 0 saturated carbocycles. The number of anilines is 2. The van der Waals surface area contributed by atoms with Gasteiger partial charge in [0, 0.05) is 35.8 Å². The highest BCUT2D eigenvalue weighted by atomic mass is 32.2. The van der Waals surface area contributed by atoms with Crippen LogP contribution >= 0.6 is 0 Å². The summed E-state index contributed by atoms with van der Waals surface area (Å²) >= 11 is 0. The van der Waals surface area contributed by atoms with Gasteiger partial charge in [-0.3, -0.25) is 9.10 Å². The molecular weight excluding hydrogens is 438 g/mol. The molecule has 172 valence electrons. The molecule has 0 unspecified atom stereocenters. The number of sulfonamides is 1. The first kappa shape index (κ1) is 21.6. The van der Waals surface area contributed by atoms with Gasteiger partial charge in [-0.05, 0) is 62.1 Å². The number of carbonyl (C=O) groups excluding carboxylic acids is 1. The molecule has 3 heterocycles. The molecule has 5 rings (SSSR count). The zero-order valence-electron chi connectivity index (χ0n) is 18.8. The second-order valence-electron chi connectivity index (χ2n) is 8.89. The van der Waals surface area contributed by atoms with Crippen LogP contribution in [0.4, 0.5) is 11.4 Å². The zero-order chi connectivity index (χ0) is 23.2. The summed E-state index contributed by atoms with van der Waals surface area (Å²) in [5.41, 5.74) is 3.60. The Morgan fingerprint density at radius 1 is 1.09 bits per heavy atom. The van der Waals surface area contributed by atoms with E-state index >= 15 is 0 Å². The van der Waals surface area contributed by atoms with Gasteiger partial charge in [-0.25, -0.2) is 8.42 Å². The number of aromatic nitrogens is 3. The first-order chi connectivity index (χ1) is 15.8. The molecule has 3 aromatic rings. The molecule has 0 bridgehead atoms. The molecule has 1 amide bonds. The molecule has 2 aliphatic heterocycles. The highest BCUT2D eigenvalue weighted by molar-refractivity contribution is 7.92. The standard InChI is InChI=1S/C24H27N5O3S/c1-16-13-19-14-18(10-11-21(19)29(16)33(2,31)32)24(30)25-20-8-6-7-17(15-20)23-27-26-22-9-4-3-5-12-28(22)23/h6-8,10-11,14-16H,3-5,9,12-13H2,1-2H3,(H,25,30)/t16-/m0/s1. The van der Waals surface area contributed by atoms with Gasteiger partial charge in [0.1, 0.15) is 5.82 Å². The first-order valence-corrected chi connectivity index (χ1v) is 13.1. The van der Waals surface area contributed by atoms with Gasteiger partial charge in [0.15, 0.2) is 5.82 Å². The van der Waals surface area contributed by atoms with Gasteiger partial charge in [-0.2, -0.15) is 0 Å². The molecular formula is C24H27N5O3S. The summed E-state index contributed by atoms with van der Waals surface area (Å²) in [5.74, 6) is 1.61. The van der Waals surface area contributed by atoms with Crippen molar-refractivity contribution in [1.29, 1.82) is 0 Å². The van der Waals surface area contributed by atoms with E-state index in [0.717, 1.165) is 48.6 Å². The highest BCUT2D eigenvalue weighted by Gasteiger charge is 2.32. The maximum Gasteiger partial charge on any atom is 0.255 e. The molecule has 0 radical (unpaired) electrons. The Morgan fingerprint density at radius 2 is 1.94 bits per heavy atom. The molecule has 2 aromatic carbocycles. The number of hydrogen-bond acceptors (Lipinski definition) is 5.